The molecule has 3 aromatic rings. The molecular weight excluding hydrogens is 410 g/mol. The van der Waals surface area contributed by atoms with Crippen molar-refractivity contribution < 1.29 is 9.21 Å². The standard InChI is InChI=1S/C23H27N5O2S/c1-4-11-28-21(20-10-16-30-17(20)2)24-25-23(28)31-18(3)22(29)27-14-12-26(13-15-27)19-8-6-5-7-9-19/h4-10,16,18H,1,11-15H2,2-3H3. The van der Waals surface area contributed by atoms with Crippen molar-refractivity contribution in [2.45, 2.75) is 30.8 Å². The lowest BCUT2D eigenvalue weighted by molar-refractivity contribution is -0.130. The van der Waals surface area contributed by atoms with Gasteiger partial charge in [0.25, 0.3) is 0 Å². The zero-order valence-electron chi connectivity index (χ0n) is 17.9. The topological polar surface area (TPSA) is 67.4 Å². The van der Waals surface area contributed by atoms with Gasteiger partial charge in [0.15, 0.2) is 11.0 Å². The van der Waals surface area contributed by atoms with Crippen LogP contribution in [0.3, 0.4) is 0 Å². The number of aromatic nitrogens is 3. The van der Waals surface area contributed by atoms with Gasteiger partial charge >= 0.3 is 0 Å². The lowest BCUT2D eigenvalue weighted by Crippen LogP contribution is -2.50. The van der Waals surface area contributed by atoms with Crippen LogP contribution in [0.15, 0.2) is 64.9 Å². The number of hydrogen-bond acceptors (Lipinski definition) is 6. The highest BCUT2D eigenvalue weighted by molar-refractivity contribution is 8.00. The van der Waals surface area contributed by atoms with Crippen molar-refractivity contribution in [3.63, 3.8) is 0 Å². The molecule has 1 aromatic carbocycles. The number of allylic oxidation sites excluding steroid dienone is 1. The van der Waals surface area contributed by atoms with Crippen LogP contribution in [-0.2, 0) is 11.3 Å². The molecule has 0 saturated carbocycles. The first kappa shape index (κ1) is 21.2. The average molecular weight is 438 g/mol. The fourth-order valence-corrected chi connectivity index (χ4v) is 4.72. The molecule has 0 bridgehead atoms. The summed E-state index contributed by atoms with van der Waals surface area (Å²) in [6.45, 7) is 11.4. The van der Waals surface area contributed by atoms with Gasteiger partial charge in [-0.3, -0.25) is 9.36 Å². The van der Waals surface area contributed by atoms with Crippen LogP contribution in [0.2, 0.25) is 0 Å². The fraction of sp³-hybridized carbons (Fsp3) is 0.348. The van der Waals surface area contributed by atoms with Gasteiger partial charge in [-0.1, -0.05) is 36.0 Å². The monoisotopic (exact) mass is 437 g/mol. The summed E-state index contributed by atoms with van der Waals surface area (Å²) in [4.78, 5) is 17.4. The Balaban J connectivity index is 1.42. The summed E-state index contributed by atoms with van der Waals surface area (Å²) in [6, 6.07) is 12.2. The summed E-state index contributed by atoms with van der Waals surface area (Å²) in [5, 5.41) is 9.17. The molecule has 1 saturated heterocycles. The second-order valence-electron chi connectivity index (χ2n) is 7.50. The van der Waals surface area contributed by atoms with Crippen molar-refractivity contribution in [2.24, 2.45) is 0 Å². The molecule has 1 amide bonds. The summed E-state index contributed by atoms with van der Waals surface area (Å²) >= 11 is 1.44. The number of rotatable bonds is 7. The average Bonchev–Trinajstić information content (AvgIpc) is 3.40. The van der Waals surface area contributed by atoms with Gasteiger partial charge in [-0.25, -0.2) is 0 Å². The molecule has 1 aliphatic heterocycles. The number of furan rings is 1. The van der Waals surface area contributed by atoms with E-state index in [1.54, 1.807) is 6.26 Å². The lowest BCUT2D eigenvalue weighted by atomic mass is 10.2. The number of carbonyl (C=O) groups is 1. The molecule has 1 atom stereocenters. The van der Waals surface area contributed by atoms with Crippen LogP contribution in [0.5, 0.6) is 0 Å². The van der Waals surface area contributed by atoms with Gasteiger partial charge < -0.3 is 14.2 Å². The minimum atomic E-state index is -0.255. The van der Waals surface area contributed by atoms with E-state index in [1.807, 2.05) is 53.7 Å². The highest BCUT2D eigenvalue weighted by Gasteiger charge is 2.27. The predicted octanol–water partition coefficient (Wildman–Crippen LogP) is 3.86. The molecular formula is C23H27N5O2S. The van der Waals surface area contributed by atoms with Gasteiger partial charge in [-0.15, -0.1) is 16.8 Å². The molecule has 3 heterocycles. The summed E-state index contributed by atoms with van der Waals surface area (Å²) in [7, 11) is 0. The SMILES string of the molecule is C=CCn1c(SC(C)C(=O)N2CCN(c3ccccc3)CC2)nnc1-c1ccoc1C. The first-order valence-corrected chi connectivity index (χ1v) is 11.3. The first-order valence-electron chi connectivity index (χ1n) is 10.4. The Kier molecular flexibility index (Phi) is 6.46. The van der Waals surface area contributed by atoms with E-state index in [9.17, 15) is 4.79 Å². The molecule has 162 valence electrons. The third-order valence-electron chi connectivity index (χ3n) is 5.47. The number of para-hydroxylation sites is 1. The van der Waals surface area contributed by atoms with E-state index in [1.165, 1.54) is 17.4 Å². The van der Waals surface area contributed by atoms with Crippen molar-refractivity contribution in [1.82, 2.24) is 19.7 Å². The molecule has 1 fully saturated rings. The molecule has 4 rings (SSSR count). The molecule has 0 radical (unpaired) electrons. The summed E-state index contributed by atoms with van der Waals surface area (Å²) in [5.41, 5.74) is 2.11. The van der Waals surface area contributed by atoms with Gasteiger partial charge in [0.05, 0.1) is 17.1 Å². The maximum atomic E-state index is 13.1. The van der Waals surface area contributed by atoms with Crippen molar-refractivity contribution >= 4 is 23.4 Å². The lowest BCUT2D eigenvalue weighted by Gasteiger charge is -2.37. The van der Waals surface area contributed by atoms with E-state index in [0.717, 1.165) is 43.3 Å². The Morgan fingerprint density at radius 1 is 1.19 bits per heavy atom. The third-order valence-corrected chi connectivity index (χ3v) is 6.54. The van der Waals surface area contributed by atoms with Crippen LogP contribution in [0.4, 0.5) is 5.69 Å². The molecule has 0 N–H and O–H groups in total. The maximum absolute atomic E-state index is 13.1. The second kappa shape index (κ2) is 9.43. The van der Waals surface area contributed by atoms with Crippen molar-refractivity contribution in [1.29, 1.82) is 0 Å². The molecule has 1 aliphatic rings. The molecule has 7 nitrogen and oxygen atoms in total. The summed E-state index contributed by atoms with van der Waals surface area (Å²) < 4.78 is 7.40. The largest absolute Gasteiger partial charge is 0.469 e. The van der Waals surface area contributed by atoms with E-state index >= 15 is 0 Å². The van der Waals surface area contributed by atoms with Crippen LogP contribution < -0.4 is 4.90 Å². The van der Waals surface area contributed by atoms with Crippen LogP contribution in [0.1, 0.15) is 12.7 Å². The van der Waals surface area contributed by atoms with Crippen LogP contribution >= 0.6 is 11.8 Å². The summed E-state index contributed by atoms with van der Waals surface area (Å²) in [5.74, 6) is 1.64. The summed E-state index contributed by atoms with van der Waals surface area (Å²) in [6.07, 6.45) is 3.45. The minimum Gasteiger partial charge on any atom is -0.469 e. The molecule has 0 aliphatic carbocycles. The third kappa shape index (κ3) is 4.54. The Hall–Kier alpha value is -3.00. The molecule has 1 unspecified atom stereocenters. The highest BCUT2D eigenvalue weighted by Crippen LogP contribution is 2.30. The zero-order valence-corrected chi connectivity index (χ0v) is 18.7. The normalized spacial score (nSPS) is 15.2. The van der Waals surface area contributed by atoms with Crippen LogP contribution in [-0.4, -0.2) is 57.0 Å². The molecule has 8 heteroatoms. The molecule has 31 heavy (non-hydrogen) atoms. The quantitative estimate of drug-likeness (QED) is 0.413. The Morgan fingerprint density at radius 2 is 1.94 bits per heavy atom. The Bertz CT molecular complexity index is 1040. The van der Waals surface area contributed by atoms with E-state index in [-0.39, 0.29) is 11.2 Å². The predicted molar refractivity (Wildman–Crippen MR) is 123 cm³/mol. The van der Waals surface area contributed by atoms with Gasteiger partial charge in [0, 0.05) is 38.4 Å². The van der Waals surface area contributed by atoms with Crippen LogP contribution in [0, 0.1) is 6.92 Å². The number of piperazine rings is 1. The minimum absolute atomic E-state index is 0.131. The van der Waals surface area contributed by atoms with Crippen molar-refractivity contribution in [3.05, 3.63) is 61.1 Å². The van der Waals surface area contributed by atoms with Crippen LogP contribution in [0.25, 0.3) is 11.4 Å². The van der Waals surface area contributed by atoms with E-state index in [2.05, 4.69) is 33.8 Å². The van der Waals surface area contributed by atoms with Gasteiger partial charge in [-0.2, -0.15) is 0 Å². The highest BCUT2D eigenvalue weighted by atomic mass is 32.2. The second-order valence-corrected chi connectivity index (χ2v) is 8.81. The molecule has 2 aromatic heterocycles. The number of thioether (sulfide) groups is 1. The number of anilines is 1. The van der Waals surface area contributed by atoms with Crippen molar-refractivity contribution in [3.8, 4) is 11.4 Å². The number of aryl methyl sites for hydroxylation is 1. The van der Waals surface area contributed by atoms with Gasteiger partial charge in [0.2, 0.25) is 5.91 Å². The number of amides is 1. The number of carbonyl (C=O) groups excluding carboxylic acids is 1. The smallest absolute Gasteiger partial charge is 0.236 e. The first-order chi connectivity index (χ1) is 15.1. The number of hydrogen-bond donors (Lipinski definition) is 0. The zero-order chi connectivity index (χ0) is 21.8. The Morgan fingerprint density at radius 3 is 2.58 bits per heavy atom. The fourth-order valence-electron chi connectivity index (χ4n) is 3.78. The van der Waals surface area contributed by atoms with E-state index < -0.39 is 0 Å². The van der Waals surface area contributed by atoms with Gasteiger partial charge in [0.1, 0.15) is 5.76 Å². The van der Waals surface area contributed by atoms with E-state index in [0.29, 0.717) is 11.7 Å². The van der Waals surface area contributed by atoms with E-state index in [4.69, 9.17) is 4.42 Å². The Labute approximate surface area is 186 Å². The number of nitrogens with zero attached hydrogens (tertiary/aromatic N) is 5. The molecule has 0 spiro atoms. The van der Waals surface area contributed by atoms with Gasteiger partial charge in [-0.05, 0) is 32.0 Å². The van der Waals surface area contributed by atoms with Crippen molar-refractivity contribution in [2.75, 3.05) is 31.1 Å². The number of benzene rings is 1. The maximum Gasteiger partial charge on any atom is 0.236 e.